The molecule has 0 spiro atoms. The summed E-state index contributed by atoms with van der Waals surface area (Å²) in [7, 11) is 3.14. The Morgan fingerprint density at radius 2 is 1.77 bits per heavy atom. The highest BCUT2D eigenvalue weighted by molar-refractivity contribution is 5.68. The lowest BCUT2D eigenvalue weighted by Crippen LogP contribution is -1.90. The maximum Gasteiger partial charge on any atom is 0.269 e. The number of aromatic nitrogens is 2. The Labute approximate surface area is 148 Å². The topological polar surface area (TPSA) is 101 Å². The van der Waals surface area contributed by atoms with Crippen molar-refractivity contribution in [2.75, 3.05) is 14.2 Å². The summed E-state index contributed by atoms with van der Waals surface area (Å²) < 4.78 is 15.6. The van der Waals surface area contributed by atoms with Gasteiger partial charge in [0.05, 0.1) is 19.1 Å². The van der Waals surface area contributed by atoms with Crippen molar-refractivity contribution in [3.8, 4) is 22.9 Å². The Morgan fingerprint density at radius 1 is 1.04 bits per heavy atom. The summed E-state index contributed by atoms with van der Waals surface area (Å²) in [6.07, 6.45) is 3.47. The van der Waals surface area contributed by atoms with Gasteiger partial charge in [-0.05, 0) is 35.9 Å². The third-order valence-electron chi connectivity index (χ3n) is 3.60. The monoisotopic (exact) mass is 353 g/mol. The Bertz CT molecular complexity index is 948. The van der Waals surface area contributed by atoms with Crippen LogP contribution < -0.4 is 9.47 Å². The predicted molar refractivity (Wildman–Crippen MR) is 94.9 cm³/mol. The average molecular weight is 353 g/mol. The molecule has 8 nitrogen and oxygen atoms in total. The number of methoxy groups -OCH3 is 2. The normalized spacial score (nSPS) is 10.8. The van der Waals surface area contributed by atoms with Crippen molar-refractivity contribution in [1.82, 2.24) is 10.1 Å². The summed E-state index contributed by atoms with van der Waals surface area (Å²) in [6.45, 7) is 0. The van der Waals surface area contributed by atoms with E-state index in [1.807, 2.05) is 12.1 Å². The minimum atomic E-state index is -0.461. The van der Waals surface area contributed by atoms with Crippen LogP contribution in [0, 0.1) is 10.1 Å². The lowest BCUT2D eigenvalue weighted by molar-refractivity contribution is -0.384. The molecule has 1 heterocycles. The van der Waals surface area contributed by atoms with Crippen LogP contribution in [0.15, 0.2) is 47.0 Å². The van der Waals surface area contributed by atoms with Crippen LogP contribution in [0.25, 0.3) is 23.5 Å². The van der Waals surface area contributed by atoms with E-state index in [-0.39, 0.29) is 5.69 Å². The van der Waals surface area contributed by atoms with Gasteiger partial charge in [0, 0.05) is 23.8 Å². The van der Waals surface area contributed by atoms with E-state index in [9.17, 15) is 10.1 Å². The molecule has 0 bridgehead atoms. The van der Waals surface area contributed by atoms with Gasteiger partial charge in [-0.2, -0.15) is 4.98 Å². The van der Waals surface area contributed by atoms with E-state index in [0.29, 0.717) is 28.8 Å². The Kier molecular flexibility index (Phi) is 4.93. The van der Waals surface area contributed by atoms with Crippen molar-refractivity contribution >= 4 is 17.8 Å². The van der Waals surface area contributed by atoms with Crippen LogP contribution in [0.1, 0.15) is 11.5 Å². The van der Waals surface area contributed by atoms with Crippen LogP contribution >= 0.6 is 0 Å². The standard InChI is InChI=1S/C18H15N3O5/c1-24-15-9-3-12(11-16(15)25-2)4-10-17-19-18(20-26-17)13-5-7-14(8-6-13)21(22)23/h3-11H,1-2H3/b10-4+. The highest BCUT2D eigenvalue weighted by Gasteiger charge is 2.10. The molecule has 0 saturated carbocycles. The maximum atomic E-state index is 10.7. The minimum Gasteiger partial charge on any atom is -0.493 e. The van der Waals surface area contributed by atoms with Gasteiger partial charge in [-0.3, -0.25) is 10.1 Å². The fraction of sp³-hybridized carbons (Fsp3) is 0.111. The number of non-ortho nitro benzene ring substituents is 1. The number of nitro groups is 1. The lowest BCUT2D eigenvalue weighted by Gasteiger charge is -2.07. The van der Waals surface area contributed by atoms with Gasteiger partial charge in [0.2, 0.25) is 5.82 Å². The summed E-state index contributed by atoms with van der Waals surface area (Å²) in [5, 5.41) is 14.6. The molecule has 0 saturated heterocycles. The van der Waals surface area contributed by atoms with Crippen molar-refractivity contribution in [3.05, 3.63) is 64.0 Å². The van der Waals surface area contributed by atoms with E-state index in [1.165, 1.54) is 12.1 Å². The fourth-order valence-corrected chi connectivity index (χ4v) is 2.28. The highest BCUT2D eigenvalue weighted by atomic mass is 16.6. The molecule has 3 aromatic rings. The smallest absolute Gasteiger partial charge is 0.269 e. The molecule has 0 amide bonds. The number of ether oxygens (including phenoxy) is 2. The zero-order valence-corrected chi connectivity index (χ0v) is 14.1. The molecule has 0 N–H and O–H groups in total. The van der Waals surface area contributed by atoms with Gasteiger partial charge in [0.25, 0.3) is 11.6 Å². The quantitative estimate of drug-likeness (QED) is 0.490. The first-order chi connectivity index (χ1) is 12.6. The molecule has 26 heavy (non-hydrogen) atoms. The zero-order chi connectivity index (χ0) is 18.5. The van der Waals surface area contributed by atoms with Crippen LogP contribution in [0.4, 0.5) is 5.69 Å². The molecule has 0 atom stereocenters. The Balaban J connectivity index is 1.77. The minimum absolute atomic E-state index is 0.00539. The van der Waals surface area contributed by atoms with E-state index < -0.39 is 4.92 Å². The molecule has 0 unspecified atom stereocenters. The second-order valence-electron chi connectivity index (χ2n) is 5.21. The first-order valence-corrected chi connectivity index (χ1v) is 7.59. The van der Waals surface area contributed by atoms with Crippen molar-refractivity contribution in [2.24, 2.45) is 0 Å². The molecule has 8 heteroatoms. The summed E-state index contributed by atoms with van der Waals surface area (Å²) >= 11 is 0. The van der Waals surface area contributed by atoms with Crippen LogP contribution in [-0.4, -0.2) is 29.3 Å². The van der Waals surface area contributed by atoms with Gasteiger partial charge in [-0.1, -0.05) is 11.2 Å². The van der Waals surface area contributed by atoms with Gasteiger partial charge in [-0.15, -0.1) is 0 Å². The van der Waals surface area contributed by atoms with E-state index in [2.05, 4.69) is 10.1 Å². The molecule has 0 aliphatic rings. The molecule has 2 aromatic carbocycles. The van der Waals surface area contributed by atoms with Crippen LogP contribution in [0.3, 0.4) is 0 Å². The van der Waals surface area contributed by atoms with Crippen molar-refractivity contribution in [2.45, 2.75) is 0 Å². The second-order valence-corrected chi connectivity index (χ2v) is 5.21. The Hall–Kier alpha value is -3.68. The number of hydrogen-bond donors (Lipinski definition) is 0. The molecule has 1 aromatic heterocycles. The Morgan fingerprint density at radius 3 is 2.42 bits per heavy atom. The number of nitro benzene ring substituents is 1. The molecule has 0 aliphatic heterocycles. The number of rotatable bonds is 6. The summed E-state index contributed by atoms with van der Waals surface area (Å²) in [5.74, 6) is 1.93. The summed E-state index contributed by atoms with van der Waals surface area (Å²) in [4.78, 5) is 14.5. The van der Waals surface area contributed by atoms with Crippen LogP contribution in [0.5, 0.6) is 11.5 Å². The first kappa shape index (κ1) is 17.2. The third kappa shape index (κ3) is 3.69. The molecular formula is C18H15N3O5. The number of hydrogen-bond acceptors (Lipinski definition) is 7. The van der Waals surface area contributed by atoms with Gasteiger partial charge in [-0.25, -0.2) is 0 Å². The van der Waals surface area contributed by atoms with Gasteiger partial charge >= 0.3 is 0 Å². The van der Waals surface area contributed by atoms with Gasteiger partial charge in [0.15, 0.2) is 11.5 Å². The number of nitrogens with zero attached hydrogens (tertiary/aromatic N) is 3. The maximum absolute atomic E-state index is 10.7. The molecular weight excluding hydrogens is 338 g/mol. The number of benzene rings is 2. The summed E-state index contributed by atoms with van der Waals surface area (Å²) in [6, 6.07) is 11.4. The van der Waals surface area contributed by atoms with Crippen LogP contribution in [0.2, 0.25) is 0 Å². The molecule has 0 aliphatic carbocycles. The largest absolute Gasteiger partial charge is 0.493 e. The van der Waals surface area contributed by atoms with Gasteiger partial charge in [0.1, 0.15) is 0 Å². The average Bonchev–Trinajstić information content (AvgIpc) is 3.15. The third-order valence-corrected chi connectivity index (χ3v) is 3.60. The van der Waals surface area contributed by atoms with E-state index in [0.717, 1.165) is 5.56 Å². The van der Waals surface area contributed by atoms with E-state index in [1.54, 1.807) is 44.6 Å². The molecule has 3 rings (SSSR count). The molecule has 132 valence electrons. The predicted octanol–water partition coefficient (Wildman–Crippen LogP) is 3.83. The van der Waals surface area contributed by atoms with Crippen LogP contribution in [-0.2, 0) is 0 Å². The van der Waals surface area contributed by atoms with Crippen molar-refractivity contribution in [3.63, 3.8) is 0 Å². The zero-order valence-electron chi connectivity index (χ0n) is 14.1. The molecule has 0 radical (unpaired) electrons. The van der Waals surface area contributed by atoms with Crippen molar-refractivity contribution < 1.29 is 18.9 Å². The second kappa shape index (κ2) is 7.47. The highest BCUT2D eigenvalue weighted by Crippen LogP contribution is 2.28. The first-order valence-electron chi connectivity index (χ1n) is 7.59. The lowest BCUT2D eigenvalue weighted by atomic mass is 10.2. The fourth-order valence-electron chi connectivity index (χ4n) is 2.28. The summed E-state index contributed by atoms with van der Waals surface area (Å²) in [5.41, 5.74) is 1.51. The van der Waals surface area contributed by atoms with Crippen molar-refractivity contribution in [1.29, 1.82) is 0 Å². The van der Waals surface area contributed by atoms with E-state index >= 15 is 0 Å². The van der Waals surface area contributed by atoms with E-state index in [4.69, 9.17) is 14.0 Å². The van der Waals surface area contributed by atoms with Gasteiger partial charge < -0.3 is 14.0 Å². The SMILES string of the molecule is COc1ccc(/C=C/c2nc(-c3ccc([N+](=O)[O-])cc3)no2)cc1OC. The molecule has 0 fully saturated rings.